The van der Waals surface area contributed by atoms with Gasteiger partial charge < -0.3 is 0 Å². The zero-order chi connectivity index (χ0) is 14.1. The third-order valence-corrected chi connectivity index (χ3v) is 5.83. The van der Waals surface area contributed by atoms with E-state index in [-0.39, 0.29) is 10.4 Å². The summed E-state index contributed by atoms with van der Waals surface area (Å²) in [5.41, 5.74) is 0.244. The summed E-state index contributed by atoms with van der Waals surface area (Å²) in [6.07, 6.45) is 4.42. The van der Waals surface area contributed by atoms with Crippen LogP contribution in [0.3, 0.4) is 0 Å². The lowest BCUT2D eigenvalue weighted by Crippen LogP contribution is -2.32. The van der Waals surface area contributed by atoms with E-state index in [1.165, 1.54) is 12.3 Å². The molecule has 1 aromatic heterocycles. The minimum absolute atomic E-state index is 0.196. The van der Waals surface area contributed by atoms with E-state index in [4.69, 9.17) is 0 Å². The Kier molecular flexibility index (Phi) is 4.01. The molecule has 1 aliphatic heterocycles. The molecule has 1 unspecified atom stereocenters. The van der Waals surface area contributed by atoms with Gasteiger partial charge >= 0.3 is 0 Å². The van der Waals surface area contributed by atoms with Crippen molar-refractivity contribution in [2.75, 3.05) is 13.1 Å². The van der Waals surface area contributed by atoms with Crippen LogP contribution in [0, 0.1) is 11.3 Å². The summed E-state index contributed by atoms with van der Waals surface area (Å²) in [6.45, 7) is 7.90. The molecular formula is C13H23N3O2S. The van der Waals surface area contributed by atoms with Crippen molar-refractivity contribution in [3.8, 4) is 0 Å². The molecule has 0 spiro atoms. The largest absolute Gasteiger partial charge is 0.266 e. The summed E-state index contributed by atoms with van der Waals surface area (Å²) in [5.74, 6) is 0.578. The van der Waals surface area contributed by atoms with Crippen LogP contribution >= 0.6 is 0 Å². The van der Waals surface area contributed by atoms with Crippen LogP contribution in [-0.4, -0.2) is 36.0 Å². The molecule has 19 heavy (non-hydrogen) atoms. The van der Waals surface area contributed by atoms with Gasteiger partial charge in [0.25, 0.3) is 10.0 Å². The number of aromatic nitrogens is 2. The summed E-state index contributed by atoms with van der Waals surface area (Å²) in [4.78, 5) is 0. The average molecular weight is 285 g/mol. The van der Waals surface area contributed by atoms with Gasteiger partial charge in [0.1, 0.15) is 0 Å². The molecule has 2 rings (SSSR count). The number of sulfonamides is 1. The van der Waals surface area contributed by atoms with Gasteiger partial charge in [-0.05, 0) is 36.7 Å². The zero-order valence-electron chi connectivity index (χ0n) is 11.9. The Balaban J connectivity index is 2.12. The predicted molar refractivity (Wildman–Crippen MR) is 74.1 cm³/mol. The third kappa shape index (κ3) is 3.17. The Bertz CT molecular complexity index is 502. The molecule has 2 heterocycles. The van der Waals surface area contributed by atoms with Crippen molar-refractivity contribution in [3.63, 3.8) is 0 Å². The molecule has 108 valence electrons. The third-order valence-electron chi connectivity index (χ3n) is 4.00. The van der Waals surface area contributed by atoms with Crippen LogP contribution in [0.2, 0.25) is 0 Å². The number of hydrogen-bond acceptors (Lipinski definition) is 3. The lowest BCUT2D eigenvalue weighted by atomic mass is 9.77. The van der Waals surface area contributed by atoms with Crippen molar-refractivity contribution in [2.45, 2.75) is 45.1 Å². The Morgan fingerprint density at radius 2 is 2.05 bits per heavy atom. The number of nitrogens with zero attached hydrogens (tertiary/aromatic N) is 2. The molecule has 1 N–H and O–H groups in total. The van der Waals surface area contributed by atoms with E-state index in [0.29, 0.717) is 19.0 Å². The molecule has 1 aromatic rings. The first kappa shape index (κ1) is 14.5. The number of nitrogens with one attached hydrogen (secondary N) is 1. The van der Waals surface area contributed by atoms with Gasteiger partial charge in [-0.3, -0.25) is 5.10 Å². The molecule has 0 aromatic carbocycles. The van der Waals surface area contributed by atoms with Gasteiger partial charge in [-0.1, -0.05) is 20.8 Å². The van der Waals surface area contributed by atoms with Crippen molar-refractivity contribution in [1.82, 2.24) is 14.5 Å². The molecule has 0 saturated carbocycles. The molecule has 1 aliphatic rings. The van der Waals surface area contributed by atoms with Crippen LogP contribution in [-0.2, 0) is 10.0 Å². The van der Waals surface area contributed by atoms with Crippen LogP contribution in [0.4, 0.5) is 0 Å². The SMILES string of the molecule is CC(C)(C)C1CCCN(S(=O)(=O)c2ccn[nH]2)CC1. The lowest BCUT2D eigenvalue weighted by molar-refractivity contribution is 0.217. The van der Waals surface area contributed by atoms with E-state index in [1.807, 2.05) is 0 Å². The Morgan fingerprint density at radius 1 is 1.32 bits per heavy atom. The highest BCUT2D eigenvalue weighted by Gasteiger charge is 2.32. The summed E-state index contributed by atoms with van der Waals surface area (Å²) < 4.78 is 26.4. The van der Waals surface area contributed by atoms with Gasteiger partial charge in [-0.15, -0.1) is 0 Å². The maximum atomic E-state index is 12.4. The van der Waals surface area contributed by atoms with Crippen molar-refractivity contribution < 1.29 is 8.42 Å². The van der Waals surface area contributed by atoms with Gasteiger partial charge in [-0.2, -0.15) is 9.40 Å². The Labute approximate surface area is 115 Å². The van der Waals surface area contributed by atoms with Gasteiger partial charge in [0.2, 0.25) is 0 Å². The van der Waals surface area contributed by atoms with Crippen molar-refractivity contribution >= 4 is 10.0 Å². The van der Waals surface area contributed by atoms with Crippen LogP contribution in [0.1, 0.15) is 40.0 Å². The zero-order valence-corrected chi connectivity index (χ0v) is 12.7. The number of hydrogen-bond donors (Lipinski definition) is 1. The van der Waals surface area contributed by atoms with E-state index in [2.05, 4.69) is 31.0 Å². The molecule has 0 aliphatic carbocycles. The number of aromatic amines is 1. The quantitative estimate of drug-likeness (QED) is 0.906. The highest BCUT2D eigenvalue weighted by atomic mass is 32.2. The van der Waals surface area contributed by atoms with Crippen LogP contribution in [0.25, 0.3) is 0 Å². The second kappa shape index (κ2) is 5.25. The highest BCUT2D eigenvalue weighted by Crippen LogP contribution is 2.35. The minimum atomic E-state index is -3.40. The van der Waals surface area contributed by atoms with E-state index in [1.54, 1.807) is 4.31 Å². The summed E-state index contributed by atoms with van der Waals surface area (Å²) in [7, 11) is -3.40. The summed E-state index contributed by atoms with van der Waals surface area (Å²) in [6, 6.07) is 1.52. The Hall–Kier alpha value is -0.880. The molecule has 5 nitrogen and oxygen atoms in total. The predicted octanol–water partition coefficient (Wildman–Crippen LogP) is 2.25. The second-order valence-electron chi connectivity index (χ2n) is 6.32. The fourth-order valence-corrected chi connectivity index (χ4v) is 4.10. The number of rotatable bonds is 2. The molecule has 1 saturated heterocycles. The van der Waals surface area contributed by atoms with Crippen LogP contribution in [0.15, 0.2) is 17.3 Å². The molecule has 1 atom stereocenters. The van der Waals surface area contributed by atoms with E-state index >= 15 is 0 Å². The fraction of sp³-hybridized carbons (Fsp3) is 0.769. The van der Waals surface area contributed by atoms with Crippen LogP contribution < -0.4 is 0 Å². The van der Waals surface area contributed by atoms with Crippen molar-refractivity contribution in [1.29, 1.82) is 0 Å². The highest BCUT2D eigenvalue weighted by molar-refractivity contribution is 7.89. The molecule has 1 fully saturated rings. The van der Waals surface area contributed by atoms with E-state index in [9.17, 15) is 8.42 Å². The van der Waals surface area contributed by atoms with Gasteiger partial charge in [0, 0.05) is 13.1 Å². The van der Waals surface area contributed by atoms with Gasteiger partial charge in [-0.25, -0.2) is 8.42 Å². The normalized spacial score (nSPS) is 23.2. The first-order valence-electron chi connectivity index (χ1n) is 6.81. The standard InChI is InChI=1S/C13H23N3O2S/c1-13(2,3)11-5-4-9-16(10-7-11)19(17,18)12-6-8-14-15-12/h6,8,11H,4-5,7,9-10H2,1-3H3,(H,14,15). The molecule has 0 amide bonds. The van der Waals surface area contributed by atoms with E-state index < -0.39 is 10.0 Å². The summed E-state index contributed by atoms with van der Waals surface area (Å²) >= 11 is 0. The maximum Gasteiger partial charge on any atom is 0.259 e. The number of H-pyrrole nitrogens is 1. The Morgan fingerprint density at radius 3 is 2.63 bits per heavy atom. The maximum absolute atomic E-state index is 12.4. The second-order valence-corrected chi connectivity index (χ2v) is 8.23. The van der Waals surface area contributed by atoms with Crippen LogP contribution in [0.5, 0.6) is 0 Å². The van der Waals surface area contributed by atoms with Gasteiger partial charge in [0.05, 0.1) is 6.20 Å². The molecule has 0 bridgehead atoms. The van der Waals surface area contributed by atoms with Gasteiger partial charge in [0.15, 0.2) is 5.03 Å². The average Bonchev–Trinajstić information content (AvgIpc) is 2.71. The monoisotopic (exact) mass is 285 g/mol. The molecular weight excluding hydrogens is 262 g/mol. The first-order chi connectivity index (χ1) is 8.82. The van der Waals surface area contributed by atoms with Crippen molar-refractivity contribution in [3.05, 3.63) is 12.3 Å². The first-order valence-corrected chi connectivity index (χ1v) is 8.25. The smallest absolute Gasteiger partial charge is 0.259 e. The summed E-state index contributed by atoms with van der Waals surface area (Å²) in [5, 5.41) is 6.48. The van der Waals surface area contributed by atoms with Crippen molar-refractivity contribution in [2.24, 2.45) is 11.3 Å². The van der Waals surface area contributed by atoms with E-state index in [0.717, 1.165) is 19.3 Å². The molecule has 0 radical (unpaired) electrons. The minimum Gasteiger partial charge on any atom is -0.266 e. The topological polar surface area (TPSA) is 66.1 Å². The molecule has 6 heteroatoms. The fourth-order valence-electron chi connectivity index (χ4n) is 2.70. The lowest BCUT2D eigenvalue weighted by Gasteiger charge is -2.29.